The number of nitrogen functional groups attached to an aromatic ring is 1. The fourth-order valence-corrected chi connectivity index (χ4v) is 4.37. The molecule has 25 heavy (non-hydrogen) atoms. The molecule has 0 spiro atoms. The quantitative estimate of drug-likeness (QED) is 0.546. The van der Waals surface area contributed by atoms with Crippen LogP contribution in [0.3, 0.4) is 0 Å². The Balaban J connectivity index is 1.81. The van der Waals surface area contributed by atoms with Crippen LogP contribution in [-0.4, -0.2) is 18.4 Å². The Morgan fingerprint density at radius 2 is 1.84 bits per heavy atom. The first-order valence-electron chi connectivity index (χ1n) is 7.58. The highest BCUT2D eigenvalue weighted by Gasteiger charge is 2.22. The van der Waals surface area contributed by atoms with Crippen LogP contribution in [0.25, 0.3) is 0 Å². The molecule has 3 aromatic rings. The number of benzene rings is 2. The largest absolute Gasteiger partial charge is 0.382 e. The number of aromatic nitrogens is 2. The second kappa shape index (κ2) is 7.25. The molecule has 2 N–H and O–H groups in total. The maximum absolute atomic E-state index is 12.6. The predicted octanol–water partition coefficient (Wildman–Crippen LogP) is 3.49. The van der Waals surface area contributed by atoms with E-state index in [1.54, 1.807) is 18.2 Å². The number of hydrogen-bond donors (Lipinski definition) is 1. The highest BCUT2D eigenvalue weighted by molar-refractivity contribution is 7.98. The van der Waals surface area contributed by atoms with Gasteiger partial charge in [0.05, 0.1) is 11.1 Å². The smallest absolute Gasteiger partial charge is 0.211 e. The van der Waals surface area contributed by atoms with E-state index in [1.165, 1.54) is 35.7 Å². The lowest BCUT2D eigenvalue weighted by molar-refractivity contribution is 0.595. The molecule has 0 amide bonds. The summed E-state index contributed by atoms with van der Waals surface area (Å²) in [6.45, 7) is 2.03. The Kier molecular flexibility index (Phi) is 5.06. The molecule has 1 aromatic heterocycles. The second-order valence-corrected chi connectivity index (χ2v) is 8.36. The van der Waals surface area contributed by atoms with Gasteiger partial charge < -0.3 is 5.73 Å². The van der Waals surface area contributed by atoms with Gasteiger partial charge in [-0.2, -0.15) is 0 Å². The molecular formula is C18H17N3O2S2. The van der Waals surface area contributed by atoms with Crippen molar-refractivity contribution in [3.05, 3.63) is 71.9 Å². The van der Waals surface area contributed by atoms with E-state index in [0.29, 0.717) is 10.9 Å². The number of sulfone groups is 1. The van der Waals surface area contributed by atoms with Crippen molar-refractivity contribution in [3.8, 4) is 0 Å². The number of anilines is 1. The first kappa shape index (κ1) is 17.4. The maximum Gasteiger partial charge on any atom is 0.211 e. The van der Waals surface area contributed by atoms with Gasteiger partial charge in [-0.1, -0.05) is 59.8 Å². The molecule has 0 atom stereocenters. The van der Waals surface area contributed by atoms with E-state index in [-0.39, 0.29) is 15.6 Å². The molecule has 0 saturated carbocycles. The van der Waals surface area contributed by atoms with Crippen LogP contribution < -0.4 is 5.73 Å². The lowest BCUT2D eigenvalue weighted by Crippen LogP contribution is -2.08. The molecular weight excluding hydrogens is 354 g/mol. The molecule has 1 heterocycles. The average Bonchev–Trinajstić information content (AvgIpc) is 2.61. The third-order valence-corrected chi connectivity index (χ3v) is 6.27. The Hall–Kier alpha value is -2.38. The zero-order chi connectivity index (χ0) is 17.9. The average molecular weight is 371 g/mol. The van der Waals surface area contributed by atoms with Gasteiger partial charge in [0.1, 0.15) is 10.7 Å². The minimum absolute atomic E-state index is 0.0365. The molecule has 0 aliphatic rings. The van der Waals surface area contributed by atoms with Gasteiger partial charge in [-0.15, -0.1) is 0 Å². The van der Waals surface area contributed by atoms with Crippen molar-refractivity contribution in [3.63, 3.8) is 0 Å². The van der Waals surface area contributed by atoms with Crippen molar-refractivity contribution >= 4 is 27.4 Å². The number of thioether (sulfide) groups is 1. The van der Waals surface area contributed by atoms with E-state index in [0.717, 1.165) is 5.56 Å². The standard InChI is InChI=1S/C18H17N3O2S2/c1-13-6-5-7-14(10-13)12-24-18-20-11-16(17(19)21-18)25(22,23)15-8-3-2-4-9-15/h2-11H,12H2,1H3,(H2,19,20,21). The van der Waals surface area contributed by atoms with Crippen LogP contribution >= 0.6 is 11.8 Å². The number of rotatable bonds is 5. The topological polar surface area (TPSA) is 85.9 Å². The summed E-state index contributed by atoms with van der Waals surface area (Å²) in [5, 5.41) is 0.450. The molecule has 128 valence electrons. The second-order valence-electron chi connectivity index (χ2n) is 5.50. The minimum atomic E-state index is -3.72. The van der Waals surface area contributed by atoms with E-state index in [2.05, 4.69) is 16.0 Å². The van der Waals surface area contributed by atoms with E-state index in [9.17, 15) is 8.42 Å². The summed E-state index contributed by atoms with van der Waals surface area (Å²) in [7, 11) is -3.72. The molecule has 5 nitrogen and oxygen atoms in total. The lowest BCUT2D eigenvalue weighted by Gasteiger charge is -2.08. The third-order valence-electron chi connectivity index (χ3n) is 3.55. The molecule has 0 radical (unpaired) electrons. The minimum Gasteiger partial charge on any atom is -0.382 e. The summed E-state index contributed by atoms with van der Waals surface area (Å²) >= 11 is 1.41. The third kappa shape index (κ3) is 4.00. The van der Waals surface area contributed by atoms with Crippen molar-refractivity contribution < 1.29 is 8.42 Å². The monoisotopic (exact) mass is 371 g/mol. The first-order valence-corrected chi connectivity index (χ1v) is 10.0. The van der Waals surface area contributed by atoms with Crippen LogP contribution in [0.1, 0.15) is 11.1 Å². The Labute approximate surface area is 151 Å². The molecule has 3 rings (SSSR count). The van der Waals surface area contributed by atoms with Crippen molar-refractivity contribution in [2.24, 2.45) is 0 Å². The summed E-state index contributed by atoms with van der Waals surface area (Å²) in [6, 6.07) is 16.3. The van der Waals surface area contributed by atoms with Crippen molar-refractivity contribution in [1.29, 1.82) is 0 Å². The molecule has 0 bridgehead atoms. The number of nitrogens with two attached hydrogens (primary N) is 1. The number of hydrogen-bond acceptors (Lipinski definition) is 6. The van der Waals surface area contributed by atoms with Crippen LogP contribution in [0.5, 0.6) is 0 Å². The Morgan fingerprint density at radius 1 is 1.08 bits per heavy atom. The molecule has 0 unspecified atom stereocenters. The summed E-state index contributed by atoms with van der Waals surface area (Å²) in [6.07, 6.45) is 1.28. The zero-order valence-electron chi connectivity index (χ0n) is 13.6. The van der Waals surface area contributed by atoms with Gasteiger partial charge in [0, 0.05) is 5.75 Å². The van der Waals surface area contributed by atoms with E-state index >= 15 is 0 Å². The summed E-state index contributed by atoms with van der Waals surface area (Å²) in [5.41, 5.74) is 8.22. The summed E-state index contributed by atoms with van der Waals surface area (Å²) in [5.74, 6) is 0.650. The SMILES string of the molecule is Cc1cccc(CSc2ncc(S(=O)(=O)c3ccccc3)c(N)n2)c1. The van der Waals surface area contributed by atoms with E-state index in [4.69, 9.17) is 5.73 Å². The lowest BCUT2D eigenvalue weighted by atomic mass is 10.2. The molecule has 0 aliphatic carbocycles. The van der Waals surface area contributed by atoms with Crippen LogP contribution in [0.15, 0.2) is 75.7 Å². The van der Waals surface area contributed by atoms with E-state index < -0.39 is 9.84 Å². The molecule has 2 aromatic carbocycles. The number of nitrogens with zero attached hydrogens (tertiary/aromatic N) is 2. The normalized spacial score (nSPS) is 11.4. The van der Waals surface area contributed by atoms with Gasteiger partial charge in [0.2, 0.25) is 9.84 Å². The van der Waals surface area contributed by atoms with Crippen LogP contribution in [0.2, 0.25) is 0 Å². The number of aryl methyl sites for hydroxylation is 1. The van der Waals surface area contributed by atoms with Gasteiger partial charge >= 0.3 is 0 Å². The Morgan fingerprint density at radius 3 is 2.52 bits per heavy atom. The van der Waals surface area contributed by atoms with Crippen LogP contribution in [0.4, 0.5) is 5.82 Å². The Bertz CT molecular complexity index is 990. The van der Waals surface area contributed by atoms with Crippen LogP contribution in [-0.2, 0) is 15.6 Å². The summed E-state index contributed by atoms with van der Waals surface area (Å²) < 4.78 is 25.2. The van der Waals surface area contributed by atoms with Gasteiger partial charge in [0.25, 0.3) is 0 Å². The molecule has 0 aliphatic heterocycles. The van der Waals surface area contributed by atoms with Gasteiger partial charge in [-0.25, -0.2) is 18.4 Å². The fraction of sp³-hybridized carbons (Fsp3) is 0.111. The first-order chi connectivity index (χ1) is 12.0. The highest BCUT2D eigenvalue weighted by Crippen LogP contribution is 2.27. The summed E-state index contributed by atoms with van der Waals surface area (Å²) in [4.78, 5) is 8.42. The molecule has 0 saturated heterocycles. The highest BCUT2D eigenvalue weighted by atomic mass is 32.2. The van der Waals surface area contributed by atoms with Crippen molar-refractivity contribution in [2.45, 2.75) is 27.6 Å². The fourth-order valence-electron chi connectivity index (χ4n) is 2.32. The van der Waals surface area contributed by atoms with E-state index in [1.807, 2.05) is 25.1 Å². The predicted molar refractivity (Wildman–Crippen MR) is 99.1 cm³/mol. The van der Waals surface area contributed by atoms with Crippen LogP contribution in [0, 0.1) is 6.92 Å². The van der Waals surface area contributed by atoms with Gasteiger partial charge in [0.15, 0.2) is 5.16 Å². The van der Waals surface area contributed by atoms with Gasteiger partial charge in [-0.3, -0.25) is 0 Å². The molecule has 7 heteroatoms. The van der Waals surface area contributed by atoms with Crippen molar-refractivity contribution in [2.75, 3.05) is 5.73 Å². The zero-order valence-corrected chi connectivity index (χ0v) is 15.2. The van der Waals surface area contributed by atoms with Gasteiger partial charge in [-0.05, 0) is 24.6 Å². The van der Waals surface area contributed by atoms with Crippen molar-refractivity contribution in [1.82, 2.24) is 9.97 Å². The maximum atomic E-state index is 12.6. The molecule has 0 fully saturated rings.